The molecular formula is C13H16N2O3. The Bertz CT molecular complexity index is 433. The zero-order chi connectivity index (χ0) is 13.0. The monoisotopic (exact) mass is 248 g/mol. The maximum atomic E-state index is 11.8. The first kappa shape index (κ1) is 12.6. The molecular weight excluding hydrogens is 232 g/mol. The molecule has 2 N–H and O–H groups in total. The molecule has 0 aliphatic carbocycles. The van der Waals surface area contributed by atoms with Gasteiger partial charge in [0, 0.05) is 19.5 Å². The van der Waals surface area contributed by atoms with Crippen molar-refractivity contribution < 1.29 is 14.3 Å². The van der Waals surface area contributed by atoms with Gasteiger partial charge in [-0.1, -0.05) is 30.3 Å². The van der Waals surface area contributed by atoms with Gasteiger partial charge in [0.2, 0.25) is 0 Å². The van der Waals surface area contributed by atoms with Gasteiger partial charge in [0.15, 0.2) is 5.78 Å². The van der Waals surface area contributed by atoms with Crippen molar-refractivity contribution in [3.8, 4) is 0 Å². The topological polar surface area (TPSA) is 72.6 Å². The molecule has 0 spiro atoms. The molecule has 0 saturated carbocycles. The summed E-state index contributed by atoms with van der Waals surface area (Å²) in [6.45, 7) is 0.867. The van der Waals surface area contributed by atoms with Crippen LogP contribution in [0.3, 0.4) is 0 Å². The first-order valence-electron chi connectivity index (χ1n) is 5.91. The molecule has 96 valence electrons. The van der Waals surface area contributed by atoms with Crippen molar-refractivity contribution in [2.75, 3.05) is 13.1 Å². The third-order valence-electron chi connectivity index (χ3n) is 2.92. The molecule has 0 bridgehead atoms. The van der Waals surface area contributed by atoms with Gasteiger partial charge in [-0.3, -0.25) is 4.79 Å². The number of benzene rings is 1. The van der Waals surface area contributed by atoms with Crippen molar-refractivity contribution in [3.63, 3.8) is 0 Å². The first-order valence-corrected chi connectivity index (χ1v) is 5.91. The summed E-state index contributed by atoms with van der Waals surface area (Å²) in [6.07, 6.45) is -0.108. The average molecular weight is 248 g/mol. The summed E-state index contributed by atoms with van der Waals surface area (Å²) in [4.78, 5) is 24.5. The van der Waals surface area contributed by atoms with E-state index in [4.69, 9.17) is 10.5 Å². The van der Waals surface area contributed by atoms with Gasteiger partial charge < -0.3 is 15.4 Å². The number of ketones is 1. The summed E-state index contributed by atoms with van der Waals surface area (Å²) < 4.78 is 5.17. The molecule has 5 nitrogen and oxygen atoms in total. The van der Waals surface area contributed by atoms with E-state index in [-0.39, 0.29) is 18.9 Å². The smallest absolute Gasteiger partial charge is 0.410 e. The van der Waals surface area contributed by atoms with Crippen LogP contribution in [0.15, 0.2) is 30.3 Å². The molecule has 0 unspecified atom stereocenters. The number of carbonyl (C=O) groups excluding carboxylic acids is 2. The highest BCUT2D eigenvalue weighted by atomic mass is 16.6. The molecule has 1 fully saturated rings. The molecule has 18 heavy (non-hydrogen) atoms. The number of nitrogens with zero attached hydrogens (tertiary/aromatic N) is 1. The molecule has 1 aliphatic heterocycles. The van der Waals surface area contributed by atoms with Gasteiger partial charge in [-0.15, -0.1) is 0 Å². The fourth-order valence-corrected chi connectivity index (χ4v) is 1.84. The standard InChI is InChI=1S/C13H16N2O3/c14-11-8-15(7-6-12(11)16)13(17)18-9-10-4-2-1-3-5-10/h1-5,11H,6-9,14H2/t11-/m1/s1. The minimum Gasteiger partial charge on any atom is -0.445 e. The van der Waals surface area contributed by atoms with E-state index < -0.39 is 12.1 Å². The highest BCUT2D eigenvalue weighted by molar-refractivity contribution is 5.86. The number of Topliss-reactive ketones (excluding diaryl/α,β-unsaturated/α-hetero) is 1. The molecule has 2 rings (SSSR count). The van der Waals surface area contributed by atoms with Gasteiger partial charge in [-0.2, -0.15) is 0 Å². The minimum atomic E-state index is -0.581. The Balaban J connectivity index is 1.83. The number of hydrogen-bond donors (Lipinski definition) is 1. The summed E-state index contributed by atoms with van der Waals surface area (Å²) in [5, 5.41) is 0. The number of hydrogen-bond acceptors (Lipinski definition) is 4. The largest absolute Gasteiger partial charge is 0.445 e. The van der Waals surface area contributed by atoms with Crippen LogP contribution in [0.2, 0.25) is 0 Å². The van der Waals surface area contributed by atoms with Crippen molar-refractivity contribution in [2.24, 2.45) is 5.73 Å². The number of ether oxygens (including phenoxy) is 1. The quantitative estimate of drug-likeness (QED) is 0.845. The maximum Gasteiger partial charge on any atom is 0.410 e. The fraction of sp³-hybridized carbons (Fsp3) is 0.385. The molecule has 0 radical (unpaired) electrons. The second-order valence-corrected chi connectivity index (χ2v) is 4.31. The van der Waals surface area contributed by atoms with Crippen molar-refractivity contribution in [3.05, 3.63) is 35.9 Å². The second kappa shape index (κ2) is 5.64. The summed E-state index contributed by atoms with van der Waals surface area (Å²) in [5.41, 5.74) is 6.55. The maximum absolute atomic E-state index is 11.8. The molecule has 5 heteroatoms. The highest BCUT2D eigenvalue weighted by Gasteiger charge is 2.27. The van der Waals surface area contributed by atoms with Crippen LogP contribution in [0.25, 0.3) is 0 Å². The Morgan fingerprint density at radius 1 is 1.39 bits per heavy atom. The lowest BCUT2D eigenvalue weighted by Gasteiger charge is -2.28. The van der Waals surface area contributed by atoms with Gasteiger partial charge >= 0.3 is 6.09 Å². The Kier molecular flexibility index (Phi) is 3.94. The predicted molar refractivity (Wildman–Crippen MR) is 65.8 cm³/mol. The van der Waals surface area contributed by atoms with Crippen LogP contribution >= 0.6 is 0 Å². The van der Waals surface area contributed by atoms with E-state index in [9.17, 15) is 9.59 Å². The van der Waals surface area contributed by atoms with Crippen molar-refractivity contribution in [2.45, 2.75) is 19.1 Å². The number of rotatable bonds is 2. The van der Waals surface area contributed by atoms with Gasteiger partial charge in [0.05, 0.1) is 6.04 Å². The van der Waals surface area contributed by atoms with Crippen LogP contribution < -0.4 is 5.73 Å². The van der Waals surface area contributed by atoms with E-state index in [0.29, 0.717) is 13.0 Å². The van der Waals surface area contributed by atoms with E-state index >= 15 is 0 Å². The molecule has 1 saturated heterocycles. The third kappa shape index (κ3) is 3.07. The van der Waals surface area contributed by atoms with Crippen LogP contribution in [-0.2, 0) is 16.1 Å². The van der Waals surface area contributed by atoms with E-state index in [2.05, 4.69) is 0 Å². The van der Waals surface area contributed by atoms with Crippen molar-refractivity contribution in [1.29, 1.82) is 0 Å². The van der Waals surface area contributed by atoms with Crippen LogP contribution in [-0.4, -0.2) is 35.9 Å². The van der Waals surface area contributed by atoms with E-state index in [1.165, 1.54) is 4.90 Å². The lowest BCUT2D eigenvalue weighted by molar-refractivity contribution is -0.122. The molecule has 1 heterocycles. The zero-order valence-corrected chi connectivity index (χ0v) is 10.0. The van der Waals surface area contributed by atoms with Gasteiger partial charge in [-0.25, -0.2) is 4.79 Å². The summed E-state index contributed by atoms with van der Waals surface area (Å²) in [6, 6.07) is 8.87. The summed E-state index contributed by atoms with van der Waals surface area (Å²) >= 11 is 0. The van der Waals surface area contributed by atoms with E-state index in [1.807, 2.05) is 30.3 Å². The fourth-order valence-electron chi connectivity index (χ4n) is 1.84. The van der Waals surface area contributed by atoms with Crippen LogP contribution in [0, 0.1) is 0 Å². The highest BCUT2D eigenvalue weighted by Crippen LogP contribution is 2.08. The molecule has 1 aliphatic rings. The number of carbonyl (C=O) groups is 2. The summed E-state index contributed by atoms with van der Waals surface area (Å²) in [5.74, 6) is 0.00195. The van der Waals surface area contributed by atoms with Crippen LogP contribution in [0.5, 0.6) is 0 Å². The van der Waals surface area contributed by atoms with Crippen LogP contribution in [0.1, 0.15) is 12.0 Å². The van der Waals surface area contributed by atoms with Crippen molar-refractivity contribution >= 4 is 11.9 Å². The van der Waals surface area contributed by atoms with Gasteiger partial charge in [0.1, 0.15) is 6.61 Å². The number of piperidine rings is 1. The minimum absolute atomic E-state index is 0.00195. The first-order chi connectivity index (χ1) is 8.66. The second-order valence-electron chi connectivity index (χ2n) is 4.31. The molecule has 1 aromatic rings. The SMILES string of the molecule is N[C@@H]1CN(C(=O)OCc2ccccc2)CCC1=O. The third-order valence-corrected chi connectivity index (χ3v) is 2.92. The molecule has 1 aromatic carbocycles. The Labute approximate surface area is 106 Å². The van der Waals surface area contributed by atoms with Crippen molar-refractivity contribution in [1.82, 2.24) is 4.90 Å². The molecule has 0 aromatic heterocycles. The summed E-state index contributed by atoms with van der Waals surface area (Å²) in [7, 11) is 0. The Morgan fingerprint density at radius 3 is 2.78 bits per heavy atom. The number of amides is 1. The normalized spacial score (nSPS) is 19.7. The average Bonchev–Trinajstić information content (AvgIpc) is 2.40. The van der Waals surface area contributed by atoms with E-state index in [0.717, 1.165) is 5.56 Å². The van der Waals surface area contributed by atoms with Crippen LogP contribution in [0.4, 0.5) is 4.79 Å². The zero-order valence-electron chi connectivity index (χ0n) is 10.0. The number of nitrogens with two attached hydrogens (primary N) is 1. The van der Waals surface area contributed by atoms with E-state index in [1.54, 1.807) is 0 Å². The molecule has 1 atom stereocenters. The molecule has 1 amide bonds. The van der Waals surface area contributed by atoms with Gasteiger partial charge in [0.25, 0.3) is 0 Å². The van der Waals surface area contributed by atoms with Gasteiger partial charge in [-0.05, 0) is 5.56 Å². The number of likely N-dealkylation sites (tertiary alicyclic amines) is 1. The lowest BCUT2D eigenvalue weighted by Crippen LogP contribution is -2.51. The Morgan fingerprint density at radius 2 is 2.11 bits per heavy atom. The predicted octanol–water partition coefficient (Wildman–Crippen LogP) is 0.925. The Hall–Kier alpha value is -1.88. The lowest BCUT2D eigenvalue weighted by atomic mass is 10.1.